The van der Waals surface area contributed by atoms with Crippen molar-refractivity contribution in [2.24, 2.45) is 20.8 Å². The average Bonchev–Trinajstić information content (AvgIpc) is 2.67. The molecule has 0 aliphatic carbocycles. The molecule has 0 aliphatic heterocycles. The van der Waals surface area contributed by atoms with Gasteiger partial charge in [-0.15, -0.1) is 0 Å². The third kappa shape index (κ3) is 18.9. The van der Waals surface area contributed by atoms with Crippen LogP contribution in [-0.4, -0.2) is 72.5 Å². The van der Waals surface area contributed by atoms with Crippen molar-refractivity contribution in [3.05, 3.63) is 31.3 Å². The van der Waals surface area contributed by atoms with E-state index < -0.39 is 5.41 Å². The van der Waals surface area contributed by atoms with Crippen molar-refractivity contribution in [1.82, 2.24) is 0 Å². The zero-order valence-electron chi connectivity index (χ0n) is 15.6. The maximum absolute atomic E-state index is 8.32. The van der Waals surface area contributed by atoms with Crippen molar-refractivity contribution in [1.29, 1.82) is 0 Å². The molecule has 0 saturated heterocycles. The smallest absolute Gasteiger partial charge is 0.0637 e. The van der Waals surface area contributed by atoms with Gasteiger partial charge in [0.15, 0.2) is 0 Å². The van der Waals surface area contributed by atoms with E-state index in [0.717, 1.165) is 6.42 Å². The predicted molar refractivity (Wildman–Crippen MR) is 112 cm³/mol. The number of nitrogens with zero attached hydrogens (tertiary/aromatic N) is 9. The Morgan fingerprint density at radius 1 is 0.621 bits per heavy atom. The SMILES string of the molecule is C.C.CCCOCC(COCCN=[N+]=[N-])(COCCN=[N+]=[N-])COCCN=[N+]=[N-]. The molecule has 0 aromatic heterocycles. The highest BCUT2D eigenvalue weighted by Crippen LogP contribution is 2.21. The first-order chi connectivity index (χ1) is 13.2. The summed E-state index contributed by atoms with van der Waals surface area (Å²) in [7, 11) is 0. The van der Waals surface area contributed by atoms with Crippen LogP contribution in [0, 0.1) is 5.41 Å². The molecular formula is C16H35N9O4. The fraction of sp³-hybridized carbons (Fsp3) is 1.00. The molecule has 13 heteroatoms. The van der Waals surface area contributed by atoms with Gasteiger partial charge in [-0.05, 0) is 23.0 Å². The van der Waals surface area contributed by atoms with Gasteiger partial charge in [-0.25, -0.2) is 0 Å². The largest absolute Gasteiger partial charge is 0.381 e. The predicted octanol–water partition coefficient (Wildman–Crippen LogP) is 4.65. The highest BCUT2D eigenvalue weighted by atomic mass is 16.5. The number of hydrogen-bond donors (Lipinski definition) is 0. The Morgan fingerprint density at radius 3 is 1.21 bits per heavy atom. The molecule has 0 aromatic carbocycles. The number of ether oxygens (including phenoxy) is 4. The fourth-order valence-corrected chi connectivity index (χ4v) is 2.00. The quantitative estimate of drug-likeness (QED) is 0.128. The summed E-state index contributed by atoms with van der Waals surface area (Å²) < 4.78 is 22.6. The van der Waals surface area contributed by atoms with E-state index in [-0.39, 0.29) is 74.1 Å². The van der Waals surface area contributed by atoms with Crippen molar-refractivity contribution < 1.29 is 18.9 Å². The lowest BCUT2D eigenvalue weighted by Gasteiger charge is -2.33. The van der Waals surface area contributed by atoms with E-state index in [1.807, 2.05) is 6.92 Å². The molecule has 0 aromatic rings. The minimum atomic E-state index is -0.599. The highest BCUT2D eigenvalue weighted by Gasteiger charge is 2.32. The van der Waals surface area contributed by atoms with Gasteiger partial charge in [0.2, 0.25) is 0 Å². The first-order valence-electron chi connectivity index (χ1n) is 8.58. The zero-order valence-corrected chi connectivity index (χ0v) is 15.6. The van der Waals surface area contributed by atoms with Crippen molar-refractivity contribution in [3.8, 4) is 0 Å². The molecule has 0 atom stereocenters. The second-order valence-electron chi connectivity index (χ2n) is 5.57. The van der Waals surface area contributed by atoms with Crippen molar-refractivity contribution >= 4 is 0 Å². The molecule has 0 amide bonds. The second-order valence-corrected chi connectivity index (χ2v) is 5.57. The fourth-order valence-electron chi connectivity index (χ4n) is 2.00. The van der Waals surface area contributed by atoms with E-state index in [0.29, 0.717) is 13.2 Å². The third-order valence-corrected chi connectivity index (χ3v) is 3.18. The van der Waals surface area contributed by atoms with E-state index >= 15 is 0 Å². The Labute approximate surface area is 172 Å². The van der Waals surface area contributed by atoms with Crippen LogP contribution in [0.5, 0.6) is 0 Å². The molecule has 0 N–H and O–H groups in total. The van der Waals surface area contributed by atoms with E-state index in [1.165, 1.54) is 0 Å². The lowest BCUT2D eigenvalue weighted by atomic mass is 9.92. The summed E-state index contributed by atoms with van der Waals surface area (Å²) in [5.74, 6) is 0. The summed E-state index contributed by atoms with van der Waals surface area (Å²) in [4.78, 5) is 8.03. The first-order valence-corrected chi connectivity index (χ1v) is 8.58. The van der Waals surface area contributed by atoms with Gasteiger partial charge < -0.3 is 18.9 Å². The standard InChI is InChI=1S/C14H27N9O4.2CH4/c1-2-6-24-10-14(11-25-7-3-18-21-15,12-26-8-4-19-22-16)13-27-9-5-20-23-17;;/h2-13H2,1H3;2*1H4. The van der Waals surface area contributed by atoms with Gasteiger partial charge >= 0.3 is 0 Å². The maximum atomic E-state index is 8.32. The molecule has 29 heavy (non-hydrogen) atoms. The molecule has 0 spiro atoms. The monoisotopic (exact) mass is 417 g/mol. The normalized spacial score (nSPS) is 11.5. The second kappa shape index (κ2) is 23.8. The van der Waals surface area contributed by atoms with Crippen molar-refractivity contribution in [3.63, 3.8) is 0 Å². The minimum absolute atomic E-state index is 0. The molecule has 0 unspecified atom stereocenters. The molecule has 0 fully saturated rings. The van der Waals surface area contributed by atoms with Crippen molar-refractivity contribution in [2.45, 2.75) is 28.2 Å². The van der Waals surface area contributed by atoms with Crippen LogP contribution in [0.1, 0.15) is 28.2 Å². The van der Waals surface area contributed by atoms with Crippen LogP contribution in [0.15, 0.2) is 15.3 Å². The van der Waals surface area contributed by atoms with Gasteiger partial charge in [-0.1, -0.05) is 37.1 Å². The molecule has 0 aliphatic rings. The molecule has 0 radical (unpaired) electrons. The summed E-state index contributed by atoms with van der Waals surface area (Å²) in [5.41, 5.74) is 24.4. The molecule has 0 rings (SSSR count). The summed E-state index contributed by atoms with van der Waals surface area (Å²) >= 11 is 0. The Hall–Kier alpha value is -2.23. The molecule has 0 bridgehead atoms. The van der Waals surface area contributed by atoms with E-state index in [2.05, 4.69) is 30.1 Å². The summed E-state index contributed by atoms with van der Waals surface area (Å²) in [6, 6.07) is 0. The number of azide groups is 3. The maximum Gasteiger partial charge on any atom is 0.0637 e. The first kappa shape index (κ1) is 31.5. The van der Waals surface area contributed by atoms with Gasteiger partial charge in [0.1, 0.15) is 0 Å². The molecule has 13 nitrogen and oxygen atoms in total. The minimum Gasteiger partial charge on any atom is -0.381 e. The van der Waals surface area contributed by atoms with E-state index in [4.69, 9.17) is 35.5 Å². The topological polar surface area (TPSA) is 183 Å². The van der Waals surface area contributed by atoms with Crippen LogP contribution in [0.4, 0.5) is 0 Å². The molecule has 168 valence electrons. The zero-order chi connectivity index (χ0) is 20.1. The highest BCUT2D eigenvalue weighted by molar-refractivity contribution is 4.80. The van der Waals surface area contributed by atoms with Crippen molar-refractivity contribution in [2.75, 3.05) is 72.5 Å². The van der Waals surface area contributed by atoms with Crippen LogP contribution in [0.2, 0.25) is 0 Å². The van der Waals surface area contributed by atoms with Gasteiger partial charge in [0, 0.05) is 41.0 Å². The van der Waals surface area contributed by atoms with Crippen LogP contribution in [0.25, 0.3) is 31.3 Å². The van der Waals surface area contributed by atoms with E-state index in [9.17, 15) is 0 Å². The van der Waals surface area contributed by atoms with Crippen LogP contribution in [0.3, 0.4) is 0 Å². The molecule has 0 heterocycles. The van der Waals surface area contributed by atoms with Crippen LogP contribution in [-0.2, 0) is 18.9 Å². The Bertz CT molecular complexity index is 452. The summed E-state index contributed by atoms with van der Waals surface area (Å²) in [6.45, 7) is 5.16. The van der Waals surface area contributed by atoms with Crippen LogP contribution < -0.4 is 0 Å². The molecular weight excluding hydrogens is 382 g/mol. The number of rotatable bonds is 19. The Balaban J connectivity index is -0.00000338. The van der Waals surface area contributed by atoms with Gasteiger partial charge in [-0.3, -0.25) is 0 Å². The number of hydrogen-bond acceptors (Lipinski definition) is 7. The Kier molecular flexibility index (Phi) is 25.8. The van der Waals surface area contributed by atoms with Crippen LogP contribution >= 0.6 is 0 Å². The summed E-state index contributed by atoms with van der Waals surface area (Å²) in [6.07, 6.45) is 0.864. The molecule has 0 saturated carbocycles. The third-order valence-electron chi connectivity index (χ3n) is 3.18. The summed E-state index contributed by atoms with van der Waals surface area (Å²) in [5, 5.41) is 10.3. The average molecular weight is 418 g/mol. The van der Waals surface area contributed by atoms with Gasteiger partial charge in [0.05, 0.1) is 51.7 Å². The van der Waals surface area contributed by atoms with Gasteiger partial charge in [0.25, 0.3) is 0 Å². The lowest BCUT2D eigenvalue weighted by Crippen LogP contribution is -2.42. The Morgan fingerprint density at radius 2 is 0.931 bits per heavy atom. The van der Waals surface area contributed by atoms with E-state index in [1.54, 1.807) is 0 Å². The lowest BCUT2D eigenvalue weighted by molar-refractivity contribution is -0.104. The van der Waals surface area contributed by atoms with Gasteiger partial charge in [-0.2, -0.15) is 0 Å².